The molecule has 0 aliphatic heterocycles. The molecule has 0 nitrogen and oxygen atoms in total. The van der Waals surface area contributed by atoms with Crippen LogP contribution in [0.25, 0.3) is 28.2 Å². The van der Waals surface area contributed by atoms with Crippen LogP contribution >= 0.6 is 45.3 Å². The second kappa shape index (κ2) is 34.7. The molecule has 0 spiro atoms. The van der Waals surface area contributed by atoms with Gasteiger partial charge in [-0.2, -0.15) is 0 Å². The minimum absolute atomic E-state index is 0.965. The van der Waals surface area contributed by atoms with Gasteiger partial charge in [-0.3, -0.25) is 0 Å². The van der Waals surface area contributed by atoms with E-state index >= 15 is 0 Å². The third-order valence-electron chi connectivity index (χ3n) is 15.3. The molecule has 0 radical (unpaired) electrons. The second-order valence-corrected chi connectivity index (χ2v) is 41.9. The molecule has 0 saturated heterocycles. The average molecular weight is 1070 g/mol. The first-order chi connectivity index (χ1) is 31.7. The third kappa shape index (κ3) is 21.3. The number of unbranched alkanes of at least 4 members (excludes halogenated alkanes) is 26. The summed E-state index contributed by atoms with van der Waals surface area (Å²) in [5.74, 6) is 1.93. The molecule has 0 aliphatic carbocycles. The van der Waals surface area contributed by atoms with Crippen molar-refractivity contribution in [1.29, 1.82) is 0 Å². The molecular weight excluding hydrogens is 968 g/mol. The monoisotopic (exact) mass is 1070 g/mol. The van der Waals surface area contributed by atoms with E-state index in [9.17, 15) is 0 Å². The fourth-order valence-electron chi connectivity index (χ4n) is 11.1. The van der Waals surface area contributed by atoms with E-state index < -0.39 is 18.4 Å². The molecule has 5 heteroatoms. The van der Waals surface area contributed by atoms with Gasteiger partial charge in [0, 0.05) is 0 Å². The number of hydrogen-bond acceptors (Lipinski definition) is 4. The minimum atomic E-state index is -2.28. The number of aryl methyl sites for hydroxylation is 3. The number of rotatable bonds is 43. The van der Waals surface area contributed by atoms with Gasteiger partial charge in [-0.15, -0.1) is 0 Å². The van der Waals surface area contributed by atoms with E-state index in [2.05, 4.69) is 94.8 Å². The van der Waals surface area contributed by atoms with Gasteiger partial charge in [-0.1, -0.05) is 169 Å². The van der Waals surface area contributed by atoms with Gasteiger partial charge >= 0.3 is 260 Å². The predicted molar refractivity (Wildman–Crippen MR) is 311 cm³/mol. The standard InChI is InChI=1S/C57H97S4.3CH3.Sn/c1-6-10-14-18-22-24-28-32-40-48(38-30-26-20-16-12-8-3)42-34-36-44-50-46-58-54-52(50)60-57-55-53(61-56(54)57)51(47(5)59-55)45-37-35-43-49(39-31-27-21-17-13-9-4)41-33-29-25-23-19-15-11-7-2;;;;/h48-49H,6-45H2,1-5H3;3*1H3;. The summed E-state index contributed by atoms with van der Waals surface area (Å²) in [4.78, 5) is 9.68. The molecular formula is C60H106S4Sn. The summed E-state index contributed by atoms with van der Waals surface area (Å²) in [6.07, 6.45) is 57.7. The van der Waals surface area contributed by atoms with Crippen LogP contribution in [0.1, 0.15) is 288 Å². The van der Waals surface area contributed by atoms with E-state index in [0.29, 0.717) is 0 Å². The Morgan fingerprint density at radius 3 is 0.938 bits per heavy atom. The van der Waals surface area contributed by atoms with Crippen LogP contribution in [0.4, 0.5) is 0 Å². The molecule has 4 heterocycles. The molecule has 65 heavy (non-hydrogen) atoms. The van der Waals surface area contributed by atoms with Gasteiger partial charge in [-0.05, 0) is 0 Å². The van der Waals surface area contributed by atoms with Crippen molar-refractivity contribution in [2.75, 3.05) is 0 Å². The molecule has 2 unspecified atom stereocenters. The molecule has 0 fully saturated rings. The summed E-state index contributed by atoms with van der Waals surface area (Å²) in [6, 6.07) is 0. The summed E-state index contributed by atoms with van der Waals surface area (Å²) >= 11 is 6.54. The fourth-order valence-corrected chi connectivity index (χ4v) is 24.4. The summed E-state index contributed by atoms with van der Waals surface area (Å²) in [7, 11) is 0. The van der Waals surface area contributed by atoms with Crippen molar-refractivity contribution in [2.24, 2.45) is 11.8 Å². The second-order valence-electron chi connectivity index (χ2n) is 22.3. The fraction of sp³-hybridized carbons (Fsp3) is 0.833. The van der Waals surface area contributed by atoms with Gasteiger partial charge in [0.1, 0.15) is 0 Å². The van der Waals surface area contributed by atoms with E-state index in [1.165, 1.54) is 257 Å². The SMILES string of the molecule is CCCCCCCCCCC(CCCCCCCC)CCCCc1c(C)sc2c1sc1c3s[c]([Sn]([CH3])([CH3])[CH3])c(CCCCC(CCCCCCCC)CCCCCCCCCC)c3sc21. The van der Waals surface area contributed by atoms with E-state index in [1.807, 2.05) is 8.46 Å². The van der Waals surface area contributed by atoms with Gasteiger partial charge in [0.15, 0.2) is 0 Å². The third-order valence-corrected chi connectivity index (χ3v) is 30.4. The average Bonchev–Trinajstić information content (AvgIpc) is 4.02. The van der Waals surface area contributed by atoms with E-state index in [4.69, 9.17) is 0 Å². The molecule has 0 aromatic carbocycles. The van der Waals surface area contributed by atoms with Crippen molar-refractivity contribution in [1.82, 2.24) is 0 Å². The van der Waals surface area contributed by atoms with Crippen LogP contribution in [0.15, 0.2) is 0 Å². The van der Waals surface area contributed by atoms with Crippen LogP contribution in [-0.4, -0.2) is 18.4 Å². The van der Waals surface area contributed by atoms with Crippen LogP contribution in [0.3, 0.4) is 0 Å². The van der Waals surface area contributed by atoms with Crippen LogP contribution in [0, 0.1) is 18.8 Å². The van der Waals surface area contributed by atoms with Crippen molar-refractivity contribution in [3.05, 3.63) is 16.0 Å². The first-order valence-corrected chi connectivity index (χ1v) is 42.4. The van der Waals surface area contributed by atoms with Gasteiger partial charge in [-0.25, -0.2) is 0 Å². The van der Waals surface area contributed by atoms with E-state index in [-0.39, 0.29) is 0 Å². The molecule has 4 aromatic heterocycles. The predicted octanol–water partition coefficient (Wildman–Crippen LogP) is 23.5. The summed E-state index contributed by atoms with van der Waals surface area (Å²) in [6.45, 7) is 11.8. The number of thiophene rings is 4. The number of fused-ring (bicyclic) bond motifs is 5. The topological polar surface area (TPSA) is 0 Å². The van der Waals surface area contributed by atoms with Gasteiger partial charge in [0.25, 0.3) is 0 Å². The molecule has 374 valence electrons. The van der Waals surface area contributed by atoms with Gasteiger partial charge in [0.2, 0.25) is 0 Å². The summed E-state index contributed by atoms with van der Waals surface area (Å²) in [5.41, 5.74) is 3.54. The first kappa shape index (κ1) is 58.0. The zero-order valence-corrected chi connectivity index (χ0v) is 50.7. The Morgan fingerprint density at radius 2 is 0.585 bits per heavy atom. The van der Waals surface area contributed by atoms with Gasteiger partial charge in [0.05, 0.1) is 0 Å². The molecule has 0 bridgehead atoms. The van der Waals surface area contributed by atoms with Crippen LogP contribution < -0.4 is 2.89 Å². The van der Waals surface area contributed by atoms with Crippen molar-refractivity contribution in [3.8, 4) is 0 Å². The quantitative estimate of drug-likeness (QED) is 0.0306. The Bertz CT molecular complexity index is 1760. The Morgan fingerprint density at radius 1 is 0.308 bits per heavy atom. The Kier molecular flexibility index (Phi) is 30.9. The molecule has 0 aliphatic rings. The molecule has 0 amide bonds. The first-order valence-electron chi connectivity index (χ1n) is 29.1. The maximum atomic E-state index is 2.69. The van der Waals surface area contributed by atoms with E-state index in [0.717, 1.165) is 11.8 Å². The normalized spacial score (nSPS) is 13.4. The molecule has 4 rings (SSSR count). The zero-order chi connectivity index (χ0) is 46.5. The zero-order valence-electron chi connectivity index (χ0n) is 44.6. The van der Waals surface area contributed by atoms with Crippen molar-refractivity contribution in [3.63, 3.8) is 0 Å². The molecule has 0 N–H and O–H groups in total. The van der Waals surface area contributed by atoms with Crippen molar-refractivity contribution >= 4 is 94.8 Å². The summed E-state index contributed by atoms with van der Waals surface area (Å²) < 4.78 is 11.9. The van der Waals surface area contributed by atoms with Gasteiger partial charge < -0.3 is 0 Å². The molecule has 4 aromatic rings. The number of hydrogen-bond donors (Lipinski definition) is 0. The molecule has 0 saturated carbocycles. The Balaban J connectivity index is 1.35. The Hall–Kier alpha value is 0.379. The van der Waals surface area contributed by atoms with Crippen LogP contribution in [0.2, 0.25) is 14.8 Å². The van der Waals surface area contributed by atoms with Crippen molar-refractivity contribution < 1.29 is 0 Å². The van der Waals surface area contributed by atoms with Crippen LogP contribution in [-0.2, 0) is 12.8 Å². The van der Waals surface area contributed by atoms with Crippen LogP contribution in [0.5, 0.6) is 0 Å². The van der Waals surface area contributed by atoms with Crippen molar-refractivity contribution in [2.45, 2.75) is 306 Å². The maximum absolute atomic E-state index is 2.69. The molecule has 2 atom stereocenters. The summed E-state index contributed by atoms with van der Waals surface area (Å²) in [5, 5.41) is 0. The Labute approximate surface area is 425 Å². The van der Waals surface area contributed by atoms with E-state index in [1.54, 1.807) is 38.6 Å².